The summed E-state index contributed by atoms with van der Waals surface area (Å²) >= 11 is 6.09. The topological polar surface area (TPSA) is 84.7 Å². The molecule has 1 aliphatic rings. The van der Waals surface area contributed by atoms with E-state index in [4.69, 9.17) is 22.1 Å². The lowest BCUT2D eigenvalue weighted by Crippen LogP contribution is -2.30. The summed E-state index contributed by atoms with van der Waals surface area (Å²) in [4.78, 5) is 26.7. The normalized spacial score (nSPS) is 19.2. The van der Waals surface area contributed by atoms with Crippen molar-refractivity contribution < 1.29 is 14.3 Å². The maximum absolute atomic E-state index is 12.9. The first-order valence-electron chi connectivity index (χ1n) is 8.74. The summed E-state index contributed by atoms with van der Waals surface area (Å²) in [7, 11) is 1.71. The van der Waals surface area contributed by atoms with Gasteiger partial charge in [-0.25, -0.2) is 0 Å². The number of anilines is 1. The zero-order valence-electron chi connectivity index (χ0n) is 15.0. The van der Waals surface area contributed by atoms with Crippen LogP contribution in [-0.4, -0.2) is 36.9 Å². The number of benzene rings is 2. The van der Waals surface area contributed by atoms with Crippen LogP contribution in [0.5, 0.6) is 5.75 Å². The molecule has 0 aromatic heterocycles. The van der Waals surface area contributed by atoms with E-state index in [-0.39, 0.29) is 24.3 Å². The molecule has 0 aliphatic carbocycles. The minimum atomic E-state index is -0.492. The van der Waals surface area contributed by atoms with Crippen molar-refractivity contribution in [3.63, 3.8) is 0 Å². The number of likely N-dealkylation sites (tertiary alicyclic amines) is 1. The van der Waals surface area contributed by atoms with Crippen LogP contribution in [-0.2, 0) is 9.59 Å². The summed E-state index contributed by atoms with van der Waals surface area (Å²) in [6, 6.07) is 14.0. The number of nitrogens with two attached hydrogens (primary N) is 1. The number of nitrogens with one attached hydrogen (secondary N) is 1. The fraction of sp³-hybridized carbons (Fsp3) is 0.300. The highest BCUT2D eigenvalue weighted by molar-refractivity contribution is 6.30. The molecule has 1 fully saturated rings. The molecule has 1 saturated heterocycles. The molecule has 0 spiro atoms. The van der Waals surface area contributed by atoms with Crippen molar-refractivity contribution in [3.05, 3.63) is 59.1 Å². The summed E-state index contributed by atoms with van der Waals surface area (Å²) in [5.41, 5.74) is 6.91. The lowest BCUT2D eigenvalue weighted by atomic mass is 9.93. The van der Waals surface area contributed by atoms with Gasteiger partial charge in [0.15, 0.2) is 0 Å². The number of halogens is 1. The van der Waals surface area contributed by atoms with E-state index in [1.165, 1.54) is 0 Å². The number of hydrogen-bond acceptors (Lipinski definition) is 4. The molecule has 2 atom stereocenters. The van der Waals surface area contributed by atoms with Gasteiger partial charge in [-0.2, -0.15) is 0 Å². The summed E-state index contributed by atoms with van der Waals surface area (Å²) in [6.07, 6.45) is 0.164. The molecule has 0 bridgehead atoms. The van der Waals surface area contributed by atoms with Crippen LogP contribution in [0.1, 0.15) is 18.0 Å². The van der Waals surface area contributed by atoms with Crippen LogP contribution in [0.3, 0.4) is 0 Å². The van der Waals surface area contributed by atoms with Gasteiger partial charge in [0.1, 0.15) is 12.4 Å². The van der Waals surface area contributed by atoms with Crippen LogP contribution in [0.4, 0.5) is 5.69 Å². The molecule has 7 heteroatoms. The lowest BCUT2D eigenvalue weighted by Gasteiger charge is -2.25. The van der Waals surface area contributed by atoms with Crippen LogP contribution in [0.2, 0.25) is 5.02 Å². The second-order valence-corrected chi connectivity index (χ2v) is 6.90. The molecule has 1 aliphatic heterocycles. The van der Waals surface area contributed by atoms with Gasteiger partial charge in [0.25, 0.3) is 0 Å². The molecule has 3 N–H and O–H groups in total. The van der Waals surface area contributed by atoms with Gasteiger partial charge in [0.05, 0.1) is 12.0 Å². The molecule has 0 radical (unpaired) electrons. The van der Waals surface area contributed by atoms with E-state index in [1.807, 2.05) is 12.1 Å². The Morgan fingerprint density at radius 2 is 2.04 bits per heavy atom. The molecular weight excluding hydrogens is 366 g/mol. The van der Waals surface area contributed by atoms with Crippen molar-refractivity contribution in [2.75, 3.05) is 25.5 Å². The van der Waals surface area contributed by atoms with Crippen molar-refractivity contribution in [3.8, 4) is 5.75 Å². The third-order valence-electron chi connectivity index (χ3n) is 4.62. The monoisotopic (exact) mass is 387 g/mol. The largest absolute Gasteiger partial charge is 0.492 e. The molecule has 2 unspecified atom stereocenters. The molecule has 2 aromatic carbocycles. The standard InChI is InChI=1S/C20H22ClN3O3/c1-24-18(25)12-17(19(24)13-3-2-4-14(21)11-13)20(26)23-15-5-7-16(8-6-15)27-10-9-22/h2-8,11,17,19H,9-10,12,22H2,1H3,(H,23,26). The zero-order valence-corrected chi connectivity index (χ0v) is 15.8. The smallest absolute Gasteiger partial charge is 0.230 e. The van der Waals surface area contributed by atoms with Gasteiger partial charge in [-0.15, -0.1) is 0 Å². The fourth-order valence-electron chi connectivity index (χ4n) is 3.30. The summed E-state index contributed by atoms with van der Waals surface area (Å²) in [5, 5.41) is 3.47. The SMILES string of the molecule is CN1C(=O)CC(C(=O)Nc2ccc(OCCN)cc2)C1c1cccc(Cl)c1. The highest BCUT2D eigenvalue weighted by atomic mass is 35.5. The van der Waals surface area contributed by atoms with Crippen molar-refractivity contribution in [1.82, 2.24) is 4.90 Å². The minimum Gasteiger partial charge on any atom is -0.492 e. The average molecular weight is 388 g/mol. The number of nitrogens with zero attached hydrogens (tertiary/aromatic N) is 1. The van der Waals surface area contributed by atoms with Gasteiger partial charge >= 0.3 is 0 Å². The Morgan fingerprint density at radius 3 is 2.70 bits per heavy atom. The summed E-state index contributed by atoms with van der Waals surface area (Å²) < 4.78 is 5.43. The van der Waals surface area contributed by atoms with E-state index >= 15 is 0 Å². The predicted molar refractivity (Wildman–Crippen MR) is 105 cm³/mol. The Labute approximate surface area is 163 Å². The first kappa shape index (κ1) is 19.2. The van der Waals surface area contributed by atoms with Crippen molar-refractivity contribution in [2.45, 2.75) is 12.5 Å². The lowest BCUT2D eigenvalue weighted by molar-refractivity contribution is -0.127. The Kier molecular flexibility index (Phi) is 5.98. The number of ether oxygens (including phenoxy) is 1. The van der Waals surface area contributed by atoms with Crippen molar-refractivity contribution in [2.24, 2.45) is 11.7 Å². The highest BCUT2D eigenvalue weighted by Gasteiger charge is 2.42. The highest BCUT2D eigenvalue weighted by Crippen LogP contribution is 2.38. The summed E-state index contributed by atoms with van der Waals surface area (Å²) in [5.74, 6) is -0.0703. The van der Waals surface area contributed by atoms with E-state index in [9.17, 15) is 9.59 Å². The molecule has 2 amide bonds. The number of carbonyl (C=O) groups is 2. The van der Waals surface area contributed by atoms with Crippen LogP contribution in [0.15, 0.2) is 48.5 Å². The maximum atomic E-state index is 12.9. The van der Waals surface area contributed by atoms with Gasteiger partial charge in [-0.1, -0.05) is 23.7 Å². The van der Waals surface area contributed by atoms with E-state index < -0.39 is 5.92 Å². The number of carbonyl (C=O) groups excluding carboxylic acids is 2. The molecule has 3 rings (SSSR count). The Morgan fingerprint density at radius 1 is 1.30 bits per heavy atom. The Hall–Kier alpha value is -2.57. The summed E-state index contributed by atoms with van der Waals surface area (Å²) in [6.45, 7) is 0.871. The van der Waals surface area contributed by atoms with Crippen LogP contribution >= 0.6 is 11.6 Å². The second kappa shape index (κ2) is 8.41. The fourth-order valence-corrected chi connectivity index (χ4v) is 3.50. The van der Waals surface area contributed by atoms with E-state index in [0.29, 0.717) is 29.6 Å². The first-order valence-corrected chi connectivity index (χ1v) is 9.12. The van der Waals surface area contributed by atoms with E-state index in [2.05, 4.69) is 5.32 Å². The Bertz CT molecular complexity index is 825. The van der Waals surface area contributed by atoms with Crippen molar-refractivity contribution in [1.29, 1.82) is 0 Å². The van der Waals surface area contributed by atoms with Gasteiger partial charge in [0.2, 0.25) is 11.8 Å². The molecule has 27 heavy (non-hydrogen) atoms. The van der Waals surface area contributed by atoms with E-state index in [0.717, 1.165) is 5.56 Å². The molecule has 1 heterocycles. The zero-order chi connectivity index (χ0) is 19.4. The minimum absolute atomic E-state index is 0.0642. The van der Waals surface area contributed by atoms with Crippen LogP contribution in [0.25, 0.3) is 0 Å². The van der Waals surface area contributed by atoms with Gasteiger partial charge in [-0.05, 0) is 42.0 Å². The van der Waals surface area contributed by atoms with Gasteiger partial charge in [-0.3, -0.25) is 9.59 Å². The van der Waals surface area contributed by atoms with Crippen LogP contribution < -0.4 is 15.8 Å². The number of rotatable bonds is 6. The molecule has 6 nitrogen and oxygen atoms in total. The third-order valence-corrected chi connectivity index (χ3v) is 4.86. The molecule has 142 valence electrons. The maximum Gasteiger partial charge on any atom is 0.230 e. The van der Waals surface area contributed by atoms with E-state index in [1.54, 1.807) is 48.3 Å². The molecule has 2 aromatic rings. The van der Waals surface area contributed by atoms with Gasteiger partial charge < -0.3 is 20.7 Å². The third kappa shape index (κ3) is 4.40. The number of amides is 2. The van der Waals surface area contributed by atoms with Crippen molar-refractivity contribution >= 4 is 29.1 Å². The number of hydrogen-bond donors (Lipinski definition) is 2. The first-order chi connectivity index (χ1) is 13.0. The quantitative estimate of drug-likeness (QED) is 0.798. The molecular formula is C20H22ClN3O3. The molecule has 0 saturated carbocycles. The average Bonchev–Trinajstić information content (AvgIpc) is 2.96. The second-order valence-electron chi connectivity index (χ2n) is 6.47. The van der Waals surface area contributed by atoms with Crippen LogP contribution in [0, 0.1) is 5.92 Å². The van der Waals surface area contributed by atoms with Gasteiger partial charge in [0, 0.05) is 30.7 Å². The Balaban J connectivity index is 1.75. The predicted octanol–water partition coefficient (Wildman–Crippen LogP) is 2.84.